The molecule has 1 unspecified atom stereocenters. The number of hydrogen-bond donors (Lipinski definition) is 1. The summed E-state index contributed by atoms with van der Waals surface area (Å²) in [5, 5.41) is 11.1. The van der Waals surface area contributed by atoms with Crippen LogP contribution in [0.15, 0.2) is 42.5 Å². The molecule has 0 saturated carbocycles. The first kappa shape index (κ1) is 15.0. The summed E-state index contributed by atoms with van der Waals surface area (Å²) in [7, 11) is 0. The monoisotopic (exact) mass is 285 g/mol. The molecule has 0 aromatic heterocycles. The molecule has 0 aliphatic rings. The smallest absolute Gasteiger partial charge is 0.308 e. The first-order chi connectivity index (χ1) is 10.0. The molecule has 0 bridgehead atoms. The molecule has 4 heteroatoms. The molecule has 4 nitrogen and oxygen atoms in total. The number of fused-ring (bicyclic) bond motifs is 1. The summed E-state index contributed by atoms with van der Waals surface area (Å²) in [6.07, 6.45) is 0. The van der Waals surface area contributed by atoms with Gasteiger partial charge in [0.05, 0.1) is 5.92 Å². The van der Waals surface area contributed by atoms with E-state index in [0.29, 0.717) is 12.1 Å². The predicted molar refractivity (Wildman–Crippen MR) is 82.3 cm³/mol. The number of hydrogen-bond acceptors (Lipinski definition) is 2. The van der Waals surface area contributed by atoms with E-state index in [1.54, 1.807) is 17.9 Å². The van der Waals surface area contributed by atoms with E-state index in [1.165, 1.54) is 0 Å². The van der Waals surface area contributed by atoms with Crippen molar-refractivity contribution in [3.8, 4) is 0 Å². The third-order valence-corrected chi connectivity index (χ3v) is 3.58. The van der Waals surface area contributed by atoms with Crippen LogP contribution < -0.4 is 0 Å². The van der Waals surface area contributed by atoms with Gasteiger partial charge in [-0.2, -0.15) is 0 Å². The summed E-state index contributed by atoms with van der Waals surface area (Å²) in [6, 6.07) is 13.4. The zero-order valence-electron chi connectivity index (χ0n) is 12.2. The average Bonchev–Trinajstić information content (AvgIpc) is 2.51. The maximum Gasteiger partial charge on any atom is 0.308 e. The van der Waals surface area contributed by atoms with Gasteiger partial charge < -0.3 is 10.0 Å². The number of benzene rings is 2. The van der Waals surface area contributed by atoms with Crippen molar-refractivity contribution in [3.05, 3.63) is 48.0 Å². The van der Waals surface area contributed by atoms with Gasteiger partial charge in [-0.3, -0.25) is 9.59 Å². The van der Waals surface area contributed by atoms with Crippen molar-refractivity contribution in [3.63, 3.8) is 0 Å². The lowest BCUT2D eigenvalue weighted by molar-refractivity contribution is -0.141. The van der Waals surface area contributed by atoms with Gasteiger partial charge in [-0.15, -0.1) is 0 Å². The van der Waals surface area contributed by atoms with E-state index < -0.39 is 11.9 Å². The van der Waals surface area contributed by atoms with Crippen molar-refractivity contribution in [2.24, 2.45) is 5.92 Å². The zero-order chi connectivity index (χ0) is 15.4. The fraction of sp³-hybridized carbons (Fsp3) is 0.294. The molecule has 0 aliphatic carbocycles. The summed E-state index contributed by atoms with van der Waals surface area (Å²) >= 11 is 0. The van der Waals surface area contributed by atoms with Crippen LogP contribution in [-0.4, -0.2) is 35.0 Å². The van der Waals surface area contributed by atoms with Crippen LogP contribution in [0.4, 0.5) is 0 Å². The highest BCUT2D eigenvalue weighted by Crippen LogP contribution is 2.17. The molecule has 2 rings (SSSR count). The van der Waals surface area contributed by atoms with Gasteiger partial charge in [0.15, 0.2) is 0 Å². The zero-order valence-corrected chi connectivity index (χ0v) is 12.2. The van der Waals surface area contributed by atoms with Crippen molar-refractivity contribution >= 4 is 22.6 Å². The molecule has 2 aromatic rings. The Kier molecular flexibility index (Phi) is 4.58. The molecule has 21 heavy (non-hydrogen) atoms. The molecule has 0 spiro atoms. The fourth-order valence-electron chi connectivity index (χ4n) is 2.27. The molecular formula is C17H19NO3. The van der Waals surface area contributed by atoms with Gasteiger partial charge in [-0.05, 0) is 29.8 Å². The van der Waals surface area contributed by atoms with Gasteiger partial charge in [-0.1, -0.05) is 37.3 Å². The van der Waals surface area contributed by atoms with Crippen LogP contribution in [-0.2, 0) is 4.79 Å². The number of carbonyl (C=O) groups is 2. The van der Waals surface area contributed by atoms with Crippen LogP contribution in [0.5, 0.6) is 0 Å². The number of amides is 1. The van der Waals surface area contributed by atoms with E-state index in [0.717, 1.165) is 10.8 Å². The van der Waals surface area contributed by atoms with Gasteiger partial charge in [0.1, 0.15) is 0 Å². The summed E-state index contributed by atoms with van der Waals surface area (Å²) in [6.45, 7) is 4.17. The predicted octanol–water partition coefficient (Wildman–Crippen LogP) is 3.02. The molecule has 0 fully saturated rings. The Morgan fingerprint density at radius 3 is 2.43 bits per heavy atom. The van der Waals surface area contributed by atoms with Crippen LogP contribution in [0.1, 0.15) is 24.2 Å². The van der Waals surface area contributed by atoms with Crippen LogP contribution in [0, 0.1) is 5.92 Å². The largest absolute Gasteiger partial charge is 0.481 e. The van der Waals surface area contributed by atoms with E-state index in [9.17, 15) is 9.59 Å². The Morgan fingerprint density at radius 1 is 1.14 bits per heavy atom. The first-order valence-electron chi connectivity index (χ1n) is 7.03. The molecule has 0 saturated heterocycles. The topological polar surface area (TPSA) is 57.6 Å². The second kappa shape index (κ2) is 6.39. The molecule has 110 valence electrons. The van der Waals surface area contributed by atoms with Crippen molar-refractivity contribution in [2.45, 2.75) is 13.8 Å². The Balaban J connectivity index is 2.24. The number of carbonyl (C=O) groups excluding carboxylic acids is 1. The number of nitrogens with zero attached hydrogens (tertiary/aromatic N) is 1. The van der Waals surface area contributed by atoms with Crippen LogP contribution in [0.25, 0.3) is 10.8 Å². The van der Waals surface area contributed by atoms with E-state index in [1.807, 2.05) is 43.3 Å². The molecule has 0 radical (unpaired) electrons. The Hall–Kier alpha value is -2.36. The molecule has 0 aliphatic heterocycles. The summed E-state index contributed by atoms with van der Waals surface area (Å²) in [5.74, 6) is -1.59. The van der Waals surface area contributed by atoms with E-state index in [-0.39, 0.29) is 12.5 Å². The third kappa shape index (κ3) is 3.40. The standard InChI is InChI=1S/C17H19NO3/c1-3-18(11-12(2)17(20)21)16(19)15-9-8-13-6-4-5-7-14(13)10-15/h4-10,12H,3,11H2,1-2H3,(H,20,21). The minimum atomic E-state index is -0.889. The van der Waals surface area contributed by atoms with Gasteiger partial charge in [-0.25, -0.2) is 0 Å². The van der Waals surface area contributed by atoms with Gasteiger partial charge >= 0.3 is 5.97 Å². The second-order valence-corrected chi connectivity index (χ2v) is 5.15. The number of carboxylic acids is 1. The van der Waals surface area contributed by atoms with E-state index in [2.05, 4.69) is 0 Å². The number of rotatable bonds is 5. The first-order valence-corrected chi connectivity index (χ1v) is 7.03. The summed E-state index contributed by atoms with van der Waals surface area (Å²) < 4.78 is 0. The minimum absolute atomic E-state index is 0.128. The third-order valence-electron chi connectivity index (χ3n) is 3.58. The second-order valence-electron chi connectivity index (χ2n) is 5.15. The number of carboxylic acid groups (broad SMARTS) is 1. The average molecular weight is 285 g/mol. The maximum atomic E-state index is 12.5. The van der Waals surface area contributed by atoms with Crippen LogP contribution in [0.3, 0.4) is 0 Å². The highest BCUT2D eigenvalue weighted by atomic mass is 16.4. The Labute approximate surface area is 124 Å². The maximum absolute atomic E-state index is 12.5. The molecular weight excluding hydrogens is 266 g/mol. The number of aliphatic carboxylic acids is 1. The molecule has 1 amide bonds. The minimum Gasteiger partial charge on any atom is -0.481 e. The van der Waals surface area contributed by atoms with Crippen molar-refractivity contribution in [1.82, 2.24) is 4.90 Å². The van der Waals surface area contributed by atoms with E-state index in [4.69, 9.17) is 5.11 Å². The van der Waals surface area contributed by atoms with Crippen molar-refractivity contribution < 1.29 is 14.7 Å². The van der Waals surface area contributed by atoms with Crippen molar-refractivity contribution in [1.29, 1.82) is 0 Å². The lowest BCUT2D eigenvalue weighted by Gasteiger charge is -2.23. The highest BCUT2D eigenvalue weighted by molar-refractivity contribution is 5.98. The van der Waals surface area contributed by atoms with Crippen molar-refractivity contribution in [2.75, 3.05) is 13.1 Å². The quantitative estimate of drug-likeness (QED) is 0.918. The Morgan fingerprint density at radius 2 is 1.81 bits per heavy atom. The van der Waals surface area contributed by atoms with Gasteiger partial charge in [0, 0.05) is 18.7 Å². The normalized spacial score (nSPS) is 12.1. The summed E-state index contributed by atoms with van der Waals surface area (Å²) in [5.41, 5.74) is 0.591. The fourth-order valence-corrected chi connectivity index (χ4v) is 2.27. The van der Waals surface area contributed by atoms with Crippen LogP contribution in [0.2, 0.25) is 0 Å². The lowest BCUT2D eigenvalue weighted by atomic mass is 10.1. The van der Waals surface area contributed by atoms with Gasteiger partial charge in [0.2, 0.25) is 0 Å². The van der Waals surface area contributed by atoms with E-state index >= 15 is 0 Å². The SMILES string of the molecule is CCN(CC(C)C(=O)O)C(=O)c1ccc2ccccc2c1. The highest BCUT2D eigenvalue weighted by Gasteiger charge is 2.20. The summed E-state index contributed by atoms with van der Waals surface area (Å²) in [4.78, 5) is 25.0. The molecule has 1 N–H and O–H groups in total. The molecule has 2 aromatic carbocycles. The van der Waals surface area contributed by atoms with Crippen LogP contribution >= 0.6 is 0 Å². The molecule has 0 heterocycles. The lowest BCUT2D eigenvalue weighted by Crippen LogP contribution is -2.36. The Bertz CT molecular complexity index is 666. The van der Waals surface area contributed by atoms with Gasteiger partial charge in [0.25, 0.3) is 5.91 Å². The molecule has 1 atom stereocenters.